The van der Waals surface area contributed by atoms with Gasteiger partial charge in [0.25, 0.3) is 0 Å². The summed E-state index contributed by atoms with van der Waals surface area (Å²) in [5.74, 6) is 0.568. The number of hydrogen-bond acceptors (Lipinski definition) is 2. The van der Waals surface area contributed by atoms with E-state index in [1.54, 1.807) is 7.05 Å². The van der Waals surface area contributed by atoms with Gasteiger partial charge < -0.3 is 10.6 Å². The summed E-state index contributed by atoms with van der Waals surface area (Å²) in [6.07, 6.45) is 1.90. The summed E-state index contributed by atoms with van der Waals surface area (Å²) in [6.45, 7) is 7.00. The Labute approximate surface area is 79.6 Å². The molecule has 1 heterocycles. The molecule has 74 valence electrons. The van der Waals surface area contributed by atoms with Crippen LogP contribution in [-0.4, -0.2) is 25.5 Å². The molecule has 1 fully saturated rings. The Kier molecular flexibility index (Phi) is 3.48. The first-order valence-electron chi connectivity index (χ1n) is 4.81. The normalized spacial score (nSPS) is 27.2. The van der Waals surface area contributed by atoms with Crippen LogP contribution < -0.4 is 10.6 Å². The van der Waals surface area contributed by atoms with Crippen molar-refractivity contribution in [2.24, 2.45) is 5.92 Å². The summed E-state index contributed by atoms with van der Waals surface area (Å²) < 4.78 is 0. The smallest absolute Gasteiger partial charge is 0.236 e. The van der Waals surface area contributed by atoms with Crippen molar-refractivity contribution in [1.29, 1.82) is 0 Å². The van der Waals surface area contributed by atoms with Crippen LogP contribution in [0.5, 0.6) is 0 Å². The van der Waals surface area contributed by atoms with Crippen LogP contribution in [-0.2, 0) is 4.79 Å². The molecule has 0 aliphatic carbocycles. The zero-order chi connectivity index (χ0) is 9.84. The number of nitrogens with one attached hydrogen (secondary N) is 2. The molecular weight excluding hydrogens is 164 g/mol. The highest BCUT2D eigenvalue weighted by Gasteiger charge is 2.29. The van der Waals surface area contributed by atoms with Crippen molar-refractivity contribution < 1.29 is 4.79 Å². The molecule has 3 heteroatoms. The van der Waals surface area contributed by atoms with Gasteiger partial charge in [0.05, 0.1) is 6.04 Å². The quantitative estimate of drug-likeness (QED) is 0.630. The van der Waals surface area contributed by atoms with E-state index in [1.807, 2.05) is 0 Å². The van der Waals surface area contributed by atoms with E-state index >= 15 is 0 Å². The molecule has 1 aliphatic rings. The summed E-state index contributed by atoms with van der Waals surface area (Å²) in [7, 11) is 1.67. The van der Waals surface area contributed by atoms with E-state index in [2.05, 4.69) is 24.1 Å². The fourth-order valence-electron chi connectivity index (χ4n) is 1.71. The highest BCUT2D eigenvalue weighted by molar-refractivity contribution is 5.81. The predicted octanol–water partition coefficient (Wildman–Crippen LogP) is 0.677. The third-order valence-corrected chi connectivity index (χ3v) is 2.73. The Bertz CT molecular complexity index is 191. The molecule has 0 spiro atoms. The minimum atomic E-state index is -0.0155. The molecule has 1 aliphatic heterocycles. The highest BCUT2D eigenvalue weighted by atomic mass is 16.2. The molecule has 0 aromatic heterocycles. The van der Waals surface area contributed by atoms with Gasteiger partial charge in [0.2, 0.25) is 5.91 Å². The largest absolute Gasteiger partial charge is 0.358 e. The third kappa shape index (κ3) is 2.31. The second-order valence-corrected chi connectivity index (χ2v) is 3.52. The zero-order valence-electron chi connectivity index (χ0n) is 8.39. The molecule has 2 N–H and O–H groups in total. The fourth-order valence-corrected chi connectivity index (χ4v) is 1.71. The Morgan fingerprint density at radius 3 is 2.92 bits per heavy atom. The number of hydrogen-bond donors (Lipinski definition) is 2. The Morgan fingerprint density at radius 1 is 1.69 bits per heavy atom. The molecule has 1 rings (SSSR count). The van der Waals surface area contributed by atoms with Crippen molar-refractivity contribution in [2.75, 3.05) is 13.6 Å². The topological polar surface area (TPSA) is 41.1 Å². The first kappa shape index (κ1) is 10.3. The first-order chi connectivity index (χ1) is 6.19. The number of carbonyl (C=O) groups is 1. The summed E-state index contributed by atoms with van der Waals surface area (Å²) >= 11 is 0. The zero-order valence-corrected chi connectivity index (χ0v) is 8.39. The van der Waals surface area contributed by atoms with E-state index < -0.39 is 0 Å². The van der Waals surface area contributed by atoms with Gasteiger partial charge in [-0.25, -0.2) is 0 Å². The lowest BCUT2D eigenvalue weighted by Crippen LogP contribution is -2.38. The molecule has 1 amide bonds. The number of carbonyl (C=O) groups excluding carboxylic acids is 1. The molecule has 2 unspecified atom stereocenters. The van der Waals surface area contributed by atoms with E-state index in [1.165, 1.54) is 5.57 Å². The van der Waals surface area contributed by atoms with E-state index in [0.29, 0.717) is 5.92 Å². The van der Waals surface area contributed by atoms with E-state index in [0.717, 1.165) is 19.4 Å². The molecule has 13 heavy (non-hydrogen) atoms. The Morgan fingerprint density at radius 2 is 2.38 bits per heavy atom. The van der Waals surface area contributed by atoms with Crippen molar-refractivity contribution in [2.45, 2.75) is 25.8 Å². The van der Waals surface area contributed by atoms with E-state index in [-0.39, 0.29) is 11.9 Å². The molecule has 0 radical (unpaired) electrons. The second-order valence-electron chi connectivity index (χ2n) is 3.52. The van der Waals surface area contributed by atoms with Gasteiger partial charge in [-0.05, 0) is 18.8 Å². The molecule has 0 saturated carbocycles. The fraction of sp³-hybridized carbons (Fsp3) is 0.700. The molecule has 1 saturated heterocycles. The van der Waals surface area contributed by atoms with Gasteiger partial charge >= 0.3 is 0 Å². The monoisotopic (exact) mass is 182 g/mol. The standard InChI is InChI=1S/C10H18N2O/c1-4-7(2)8-5-9(12-6-8)10(13)11-3/h8-9,12H,2,4-6H2,1,3H3,(H,11,13). The molecule has 2 atom stereocenters. The highest BCUT2D eigenvalue weighted by Crippen LogP contribution is 2.22. The maximum absolute atomic E-state index is 11.3. The van der Waals surface area contributed by atoms with Gasteiger partial charge in [-0.2, -0.15) is 0 Å². The maximum atomic E-state index is 11.3. The summed E-state index contributed by atoms with van der Waals surface area (Å²) in [5.41, 5.74) is 1.25. The van der Waals surface area contributed by atoms with Crippen LogP contribution in [0.15, 0.2) is 12.2 Å². The lowest BCUT2D eigenvalue weighted by atomic mass is 9.95. The lowest BCUT2D eigenvalue weighted by Gasteiger charge is -2.10. The van der Waals surface area contributed by atoms with Crippen LogP contribution >= 0.6 is 0 Å². The van der Waals surface area contributed by atoms with Crippen LogP contribution in [0, 0.1) is 5.92 Å². The van der Waals surface area contributed by atoms with Gasteiger partial charge in [0.1, 0.15) is 0 Å². The van der Waals surface area contributed by atoms with E-state index in [4.69, 9.17) is 0 Å². The van der Waals surface area contributed by atoms with Crippen molar-refractivity contribution in [3.05, 3.63) is 12.2 Å². The van der Waals surface area contributed by atoms with Crippen molar-refractivity contribution in [3.63, 3.8) is 0 Å². The van der Waals surface area contributed by atoms with Crippen molar-refractivity contribution in [3.8, 4) is 0 Å². The minimum Gasteiger partial charge on any atom is -0.358 e. The molecule has 0 aromatic carbocycles. The van der Waals surface area contributed by atoms with E-state index in [9.17, 15) is 4.79 Å². The third-order valence-electron chi connectivity index (χ3n) is 2.73. The summed E-state index contributed by atoms with van der Waals surface area (Å²) in [4.78, 5) is 11.3. The van der Waals surface area contributed by atoms with Crippen molar-refractivity contribution in [1.82, 2.24) is 10.6 Å². The van der Waals surface area contributed by atoms with Gasteiger partial charge in [0.15, 0.2) is 0 Å². The van der Waals surface area contributed by atoms with Crippen LogP contribution in [0.25, 0.3) is 0 Å². The molecule has 3 nitrogen and oxygen atoms in total. The predicted molar refractivity (Wildman–Crippen MR) is 53.4 cm³/mol. The summed E-state index contributed by atoms with van der Waals surface area (Å²) in [5, 5.41) is 5.85. The SMILES string of the molecule is C=C(CC)C1CNC(C(=O)NC)C1. The molecule has 0 aromatic rings. The van der Waals surface area contributed by atoms with Gasteiger partial charge in [0, 0.05) is 13.6 Å². The van der Waals surface area contributed by atoms with Crippen LogP contribution in [0.4, 0.5) is 0 Å². The first-order valence-corrected chi connectivity index (χ1v) is 4.81. The number of amides is 1. The second kappa shape index (κ2) is 4.42. The Balaban J connectivity index is 2.44. The average molecular weight is 182 g/mol. The molecule has 0 bridgehead atoms. The van der Waals surface area contributed by atoms with Gasteiger partial charge in [-0.3, -0.25) is 4.79 Å². The van der Waals surface area contributed by atoms with Gasteiger partial charge in [-0.15, -0.1) is 0 Å². The number of rotatable bonds is 3. The number of likely N-dealkylation sites (N-methyl/N-ethyl adjacent to an activating group) is 1. The summed E-state index contributed by atoms with van der Waals surface area (Å²) in [6, 6.07) is -0.0155. The molecular formula is C10H18N2O. The minimum absolute atomic E-state index is 0.0155. The van der Waals surface area contributed by atoms with Crippen LogP contribution in [0.1, 0.15) is 19.8 Å². The van der Waals surface area contributed by atoms with Crippen molar-refractivity contribution >= 4 is 5.91 Å². The Hall–Kier alpha value is -0.830. The van der Waals surface area contributed by atoms with Crippen LogP contribution in [0.2, 0.25) is 0 Å². The average Bonchev–Trinajstić information content (AvgIpc) is 2.64. The lowest BCUT2D eigenvalue weighted by molar-refractivity contribution is -0.122. The van der Waals surface area contributed by atoms with Gasteiger partial charge in [-0.1, -0.05) is 19.1 Å². The van der Waals surface area contributed by atoms with Crippen LogP contribution in [0.3, 0.4) is 0 Å². The maximum Gasteiger partial charge on any atom is 0.236 e.